The van der Waals surface area contributed by atoms with Crippen LogP contribution in [0.1, 0.15) is 22.8 Å². The van der Waals surface area contributed by atoms with Crippen molar-refractivity contribution < 1.29 is 14.4 Å². The Balaban J connectivity index is 1.08. The molecule has 7 nitrogen and oxygen atoms in total. The van der Waals surface area contributed by atoms with Crippen LogP contribution in [0.5, 0.6) is 0 Å². The van der Waals surface area contributed by atoms with Gasteiger partial charge < -0.3 is 5.32 Å². The van der Waals surface area contributed by atoms with E-state index in [4.69, 9.17) is 11.6 Å². The summed E-state index contributed by atoms with van der Waals surface area (Å²) in [7, 11) is 0. The van der Waals surface area contributed by atoms with Crippen LogP contribution in [0.4, 0.5) is 11.4 Å². The van der Waals surface area contributed by atoms with E-state index in [1.54, 1.807) is 16.3 Å². The van der Waals surface area contributed by atoms with E-state index in [1.165, 1.54) is 16.2 Å². The maximum absolute atomic E-state index is 14.0. The van der Waals surface area contributed by atoms with Crippen LogP contribution in [0, 0.1) is 29.6 Å². The van der Waals surface area contributed by atoms with E-state index in [1.807, 2.05) is 97.1 Å². The topological polar surface area (TPSA) is 88.5 Å². The summed E-state index contributed by atoms with van der Waals surface area (Å²) >= 11 is 9.12. The van der Waals surface area contributed by atoms with E-state index >= 15 is 0 Å². The van der Waals surface area contributed by atoms with Gasteiger partial charge in [-0.15, -0.1) is 11.8 Å². The number of imide groups is 1. The summed E-state index contributed by atoms with van der Waals surface area (Å²) in [5, 5.41) is 6.51. The number of thioether (sulfide) groups is 1. The second-order valence-corrected chi connectivity index (χ2v) is 15.5. The predicted octanol–water partition coefficient (Wildman–Crippen LogP) is 7.03. The molecule has 4 aromatic carbocycles. The highest BCUT2D eigenvalue weighted by Crippen LogP contribution is 2.69. The monoisotopic (exact) mass is 677 g/mol. The molecule has 1 saturated heterocycles. The van der Waals surface area contributed by atoms with E-state index < -0.39 is 0 Å². The number of carbonyl (C=O) groups is 3. The van der Waals surface area contributed by atoms with Crippen LogP contribution in [0.25, 0.3) is 10.8 Å². The zero-order valence-electron chi connectivity index (χ0n) is 24.9. The van der Waals surface area contributed by atoms with Crippen molar-refractivity contribution in [1.82, 2.24) is 4.57 Å². The molecule has 1 N–H and O–H groups in total. The largest absolute Gasteiger partial charge is 0.325 e. The fourth-order valence-electron chi connectivity index (χ4n) is 8.74. The molecule has 1 aromatic heterocycles. The predicted molar refractivity (Wildman–Crippen MR) is 185 cm³/mol. The van der Waals surface area contributed by atoms with Crippen molar-refractivity contribution in [3.63, 3.8) is 0 Å². The molecule has 3 fully saturated rings. The highest BCUT2D eigenvalue weighted by molar-refractivity contribution is 8.00. The average molecular weight is 678 g/mol. The van der Waals surface area contributed by atoms with Gasteiger partial charge in [-0.05, 0) is 76.9 Å². The molecule has 5 aromatic rings. The molecule has 7 unspecified atom stereocenters. The first kappa shape index (κ1) is 29.0. The van der Waals surface area contributed by atoms with Crippen LogP contribution in [-0.2, 0) is 20.9 Å². The normalized spacial score (nSPS) is 27.2. The Labute approximate surface area is 283 Å². The van der Waals surface area contributed by atoms with Crippen molar-refractivity contribution in [3.05, 3.63) is 122 Å². The third-order valence-corrected chi connectivity index (χ3v) is 13.6. The number of thiazole rings is 1. The molecule has 234 valence electrons. The molecule has 10 heteroatoms. The van der Waals surface area contributed by atoms with Gasteiger partial charge in [0.05, 0.1) is 22.5 Å². The fourth-order valence-corrected chi connectivity index (χ4v) is 12.0. The van der Waals surface area contributed by atoms with Crippen LogP contribution in [0.3, 0.4) is 0 Å². The lowest BCUT2D eigenvalue weighted by atomic mass is 9.68. The first-order chi connectivity index (χ1) is 22.9. The molecular formula is C37H28ClN3O4S2. The smallest absolute Gasteiger partial charge is 0.308 e. The summed E-state index contributed by atoms with van der Waals surface area (Å²) < 4.78 is 1.60. The Morgan fingerprint density at radius 3 is 2.30 bits per heavy atom. The second-order valence-electron chi connectivity index (χ2n) is 12.9. The lowest BCUT2D eigenvalue weighted by Gasteiger charge is -2.43. The second kappa shape index (κ2) is 10.9. The van der Waals surface area contributed by atoms with Crippen molar-refractivity contribution in [3.8, 4) is 0 Å². The van der Waals surface area contributed by atoms with Gasteiger partial charge in [-0.25, -0.2) is 0 Å². The number of benzene rings is 4. The van der Waals surface area contributed by atoms with Gasteiger partial charge in [0.25, 0.3) is 0 Å². The summed E-state index contributed by atoms with van der Waals surface area (Å²) in [6.45, 7) is -0.116. The highest BCUT2D eigenvalue weighted by Gasteiger charge is 2.69. The molecule has 3 amide bonds. The zero-order valence-corrected chi connectivity index (χ0v) is 27.3. The molecule has 7 atom stereocenters. The van der Waals surface area contributed by atoms with Gasteiger partial charge in [-0.3, -0.25) is 28.6 Å². The number of nitrogens with one attached hydrogen (secondary N) is 1. The zero-order chi connectivity index (χ0) is 32.0. The van der Waals surface area contributed by atoms with E-state index in [0.29, 0.717) is 16.4 Å². The summed E-state index contributed by atoms with van der Waals surface area (Å²) in [5.74, 6) is -1.38. The van der Waals surface area contributed by atoms with Gasteiger partial charge in [-0.2, -0.15) is 0 Å². The number of rotatable bonds is 5. The van der Waals surface area contributed by atoms with Crippen LogP contribution < -0.4 is 15.1 Å². The molecular weight excluding hydrogens is 650 g/mol. The Kier molecular flexibility index (Phi) is 6.75. The lowest BCUT2D eigenvalue weighted by molar-refractivity contribution is -0.123. The summed E-state index contributed by atoms with van der Waals surface area (Å²) in [6, 6.07) is 30.6. The summed E-state index contributed by atoms with van der Waals surface area (Å²) in [6.07, 6.45) is 0.795. The fraction of sp³-hybridized carbons (Fsp3) is 0.243. The van der Waals surface area contributed by atoms with Crippen LogP contribution in [0.15, 0.2) is 107 Å². The quantitative estimate of drug-likeness (QED) is 0.202. The number of anilines is 2. The molecule has 0 radical (unpaired) electrons. The van der Waals surface area contributed by atoms with Gasteiger partial charge in [0.1, 0.15) is 6.54 Å². The Morgan fingerprint density at radius 1 is 0.830 bits per heavy atom. The number of fused-ring (bicyclic) bond motifs is 10. The number of carbonyl (C=O) groups excluding carboxylic acids is 3. The molecule has 4 aliphatic rings. The third-order valence-electron chi connectivity index (χ3n) is 10.5. The van der Waals surface area contributed by atoms with Crippen LogP contribution in [-0.4, -0.2) is 27.5 Å². The maximum Gasteiger partial charge on any atom is 0.308 e. The minimum Gasteiger partial charge on any atom is -0.325 e. The molecule has 3 heterocycles. The Morgan fingerprint density at radius 2 is 1.53 bits per heavy atom. The molecule has 2 aliphatic heterocycles. The lowest BCUT2D eigenvalue weighted by Crippen LogP contribution is -2.43. The van der Waals surface area contributed by atoms with Gasteiger partial charge in [0.2, 0.25) is 17.7 Å². The molecule has 47 heavy (non-hydrogen) atoms. The van der Waals surface area contributed by atoms with Crippen molar-refractivity contribution in [2.75, 3.05) is 10.2 Å². The number of para-hydroxylation sites is 1. The van der Waals surface area contributed by atoms with Crippen LogP contribution >= 0.6 is 34.7 Å². The van der Waals surface area contributed by atoms with Gasteiger partial charge in [0.15, 0.2) is 0 Å². The number of nitrogens with zero attached hydrogens (tertiary/aromatic N) is 2. The van der Waals surface area contributed by atoms with E-state index in [9.17, 15) is 19.2 Å². The molecule has 2 aliphatic carbocycles. The van der Waals surface area contributed by atoms with Gasteiger partial charge in [-0.1, -0.05) is 83.6 Å². The first-order valence-electron chi connectivity index (χ1n) is 15.7. The Hall–Kier alpha value is -4.18. The number of hydrogen-bond acceptors (Lipinski definition) is 6. The number of aromatic nitrogens is 1. The van der Waals surface area contributed by atoms with Crippen molar-refractivity contribution in [2.24, 2.45) is 29.6 Å². The molecule has 2 saturated carbocycles. The van der Waals surface area contributed by atoms with Crippen molar-refractivity contribution in [1.29, 1.82) is 0 Å². The highest BCUT2D eigenvalue weighted by atomic mass is 35.5. The maximum atomic E-state index is 14.0. The van der Waals surface area contributed by atoms with Crippen molar-refractivity contribution >= 4 is 74.6 Å². The number of amides is 3. The van der Waals surface area contributed by atoms with Gasteiger partial charge in [0, 0.05) is 26.8 Å². The van der Waals surface area contributed by atoms with Crippen molar-refractivity contribution in [2.45, 2.75) is 29.2 Å². The SMILES string of the molecule is O=C(Cn1c2c(sc1=O)C(c1ccc(Cl)cc1)C1C3CC(C1S2)C1C(=O)N(c2ccccc2)C(=O)C31)Nc1ccc2ccccc2c1. The standard InChI is InChI=1S/C37H28ClN3O4S2/c38-22-13-10-20(11-14-22)28-29-25-17-26(31-30(25)34(43)41(35(31)44)24-8-2-1-3-9-24)32(29)46-36-33(28)47-37(45)40(36)18-27(42)39-23-15-12-19-6-4-5-7-21(19)16-23/h1-16,25-26,28-32H,17-18H2,(H,39,42). The molecule has 0 spiro atoms. The summed E-state index contributed by atoms with van der Waals surface area (Å²) in [4.78, 5) is 57.1. The van der Waals surface area contributed by atoms with E-state index in [0.717, 1.165) is 32.7 Å². The number of hydrogen-bond donors (Lipinski definition) is 1. The Bertz CT molecular complexity index is 2160. The molecule has 9 rings (SSSR count). The van der Waals surface area contributed by atoms with E-state index in [2.05, 4.69) is 5.32 Å². The minimum absolute atomic E-state index is 0.00310. The van der Waals surface area contributed by atoms with E-state index in [-0.39, 0.29) is 69.9 Å². The van der Waals surface area contributed by atoms with Gasteiger partial charge >= 0.3 is 4.87 Å². The summed E-state index contributed by atoms with van der Waals surface area (Å²) in [5.41, 5.74) is 2.32. The van der Waals surface area contributed by atoms with Crippen LogP contribution in [0.2, 0.25) is 5.02 Å². The third kappa shape index (κ3) is 4.47. The minimum atomic E-state index is -0.385. The first-order valence-corrected chi connectivity index (χ1v) is 17.8. The number of halogens is 1. The average Bonchev–Trinajstić information content (AvgIpc) is 3.80. The molecule has 2 bridgehead atoms.